The largest absolute Gasteiger partial charge is 0.110 e. The zero-order valence-corrected chi connectivity index (χ0v) is 14.2. The van der Waals surface area contributed by atoms with E-state index in [1.807, 2.05) is 0 Å². The maximum absolute atomic E-state index is 2.59. The maximum Gasteiger partial charge on any atom is -0.0297 e. The molecule has 1 saturated heterocycles. The van der Waals surface area contributed by atoms with E-state index in [1.165, 1.54) is 38.5 Å². The Bertz CT molecular complexity index is 261. The van der Waals surface area contributed by atoms with Crippen molar-refractivity contribution in [2.45, 2.75) is 66.2 Å². The Kier molecular flexibility index (Phi) is 4.48. The summed E-state index contributed by atoms with van der Waals surface area (Å²) in [7, 11) is 0.402. The van der Waals surface area contributed by atoms with Crippen LogP contribution in [0.3, 0.4) is 0 Å². The minimum Gasteiger partial charge on any atom is -0.110 e. The van der Waals surface area contributed by atoms with Gasteiger partial charge in [-0.15, -0.1) is 7.92 Å². The van der Waals surface area contributed by atoms with E-state index >= 15 is 0 Å². The van der Waals surface area contributed by atoms with Gasteiger partial charge in [0.15, 0.2) is 0 Å². The van der Waals surface area contributed by atoms with Crippen molar-refractivity contribution >= 4 is 7.92 Å². The molecule has 2 aliphatic rings. The number of rotatable bonds is 2. The Morgan fingerprint density at radius 3 is 1.83 bits per heavy atom. The molecule has 0 bridgehead atoms. The van der Waals surface area contributed by atoms with Crippen molar-refractivity contribution in [1.82, 2.24) is 0 Å². The Morgan fingerprint density at radius 2 is 1.33 bits per heavy atom. The third-order valence-electron chi connectivity index (χ3n) is 6.16. The molecule has 0 atom stereocenters. The highest BCUT2D eigenvalue weighted by Crippen LogP contribution is 2.53. The second-order valence-corrected chi connectivity index (χ2v) is 10.9. The fourth-order valence-corrected chi connectivity index (χ4v) is 5.96. The lowest BCUT2D eigenvalue weighted by Crippen LogP contribution is -2.38. The van der Waals surface area contributed by atoms with E-state index in [0.29, 0.717) is 18.8 Å². The molecule has 0 aromatic rings. The van der Waals surface area contributed by atoms with Crippen LogP contribution < -0.4 is 0 Å². The Balaban J connectivity index is 1.94. The summed E-state index contributed by atoms with van der Waals surface area (Å²) >= 11 is 0. The standard InChI is InChI=1S/C17H33P/c1-16(2)10-6-14(7-11-16)17(3,4)15-8-12-18(5)13-9-15/h14-15H,6-13H2,1-5H3. The van der Waals surface area contributed by atoms with Gasteiger partial charge in [-0.3, -0.25) is 0 Å². The van der Waals surface area contributed by atoms with Gasteiger partial charge in [-0.25, -0.2) is 0 Å². The molecule has 0 spiro atoms. The van der Waals surface area contributed by atoms with Crippen molar-refractivity contribution in [1.29, 1.82) is 0 Å². The van der Waals surface area contributed by atoms with E-state index < -0.39 is 0 Å². The molecule has 1 aliphatic carbocycles. The van der Waals surface area contributed by atoms with Crippen LogP contribution >= 0.6 is 7.92 Å². The van der Waals surface area contributed by atoms with Crippen LogP contribution in [0.4, 0.5) is 0 Å². The molecule has 0 aromatic carbocycles. The summed E-state index contributed by atoms with van der Waals surface area (Å²) in [6.07, 6.45) is 12.0. The maximum atomic E-state index is 2.59. The van der Waals surface area contributed by atoms with E-state index in [4.69, 9.17) is 0 Å². The first-order valence-corrected chi connectivity index (χ1v) is 10.2. The summed E-state index contributed by atoms with van der Waals surface area (Å²) in [6, 6.07) is 0. The Labute approximate surface area is 116 Å². The van der Waals surface area contributed by atoms with Gasteiger partial charge in [0, 0.05) is 0 Å². The molecule has 1 saturated carbocycles. The van der Waals surface area contributed by atoms with Gasteiger partial charge in [-0.2, -0.15) is 0 Å². The van der Waals surface area contributed by atoms with Crippen LogP contribution in [0.2, 0.25) is 0 Å². The van der Waals surface area contributed by atoms with Crippen LogP contribution in [0.25, 0.3) is 0 Å². The highest BCUT2D eigenvalue weighted by atomic mass is 31.1. The average Bonchev–Trinajstić information content (AvgIpc) is 2.29. The summed E-state index contributed by atoms with van der Waals surface area (Å²) in [6.45, 7) is 12.6. The van der Waals surface area contributed by atoms with Gasteiger partial charge in [0.05, 0.1) is 0 Å². The first-order valence-electron chi connectivity index (χ1n) is 8.00. The molecule has 2 rings (SSSR count). The predicted molar refractivity (Wildman–Crippen MR) is 84.8 cm³/mol. The van der Waals surface area contributed by atoms with Crippen LogP contribution in [-0.4, -0.2) is 19.0 Å². The van der Waals surface area contributed by atoms with Gasteiger partial charge >= 0.3 is 0 Å². The van der Waals surface area contributed by atoms with Gasteiger partial charge in [0.2, 0.25) is 0 Å². The summed E-state index contributed by atoms with van der Waals surface area (Å²) < 4.78 is 0. The predicted octanol–water partition coefficient (Wildman–Crippen LogP) is 5.75. The van der Waals surface area contributed by atoms with Crippen molar-refractivity contribution in [2.24, 2.45) is 22.7 Å². The normalized spacial score (nSPS) is 34.5. The van der Waals surface area contributed by atoms with Crippen LogP contribution in [0.5, 0.6) is 0 Å². The third kappa shape index (κ3) is 3.30. The van der Waals surface area contributed by atoms with Crippen LogP contribution in [0, 0.1) is 22.7 Å². The molecule has 1 heteroatoms. The molecule has 2 fully saturated rings. The molecular weight excluding hydrogens is 235 g/mol. The zero-order valence-electron chi connectivity index (χ0n) is 13.3. The van der Waals surface area contributed by atoms with Gasteiger partial charge in [-0.1, -0.05) is 27.7 Å². The average molecular weight is 268 g/mol. The molecule has 18 heavy (non-hydrogen) atoms. The van der Waals surface area contributed by atoms with E-state index in [2.05, 4.69) is 34.4 Å². The summed E-state index contributed by atoms with van der Waals surface area (Å²) in [5.74, 6) is 2.01. The topological polar surface area (TPSA) is 0 Å². The summed E-state index contributed by atoms with van der Waals surface area (Å²) in [4.78, 5) is 0. The summed E-state index contributed by atoms with van der Waals surface area (Å²) in [5, 5.41) is 0. The van der Waals surface area contributed by atoms with Gasteiger partial charge in [0.25, 0.3) is 0 Å². The zero-order chi connectivity index (χ0) is 13.4. The van der Waals surface area contributed by atoms with E-state index in [0.717, 1.165) is 11.8 Å². The fourth-order valence-electron chi connectivity index (χ4n) is 4.23. The van der Waals surface area contributed by atoms with E-state index in [-0.39, 0.29) is 0 Å². The second-order valence-electron chi connectivity index (χ2n) is 8.34. The van der Waals surface area contributed by atoms with Gasteiger partial charge in [-0.05, 0) is 80.2 Å². The van der Waals surface area contributed by atoms with Gasteiger partial charge < -0.3 is 0 Å². The molecule has 0 unspecified atom stereocenters. The van der Waals surface area contributed by atoms with Crippen molar-refractivity contribution < 1.29 is 0 Å². The third-order valence-corrected chi connectivity index (χ3v) is 8.21. The van der Waals surface area contributed by atoms with Gasteiger partial charge in [0.1, 0.15) is 0 Å². The van der Waals surface area contributed by atoms with Crippen molar-refractivity contribution in [3.8, 4) is 0 Å². The molecule has 1 aliphatic heterocycles. The highest BCUT2D eigenvalue weighted by Gasteiger charge is 2.41. The molecule has 0 aromatic heterocycles. The number of hydrogen-bond acceptors (Lipinski definition) is 0. The fraction of sp³-hybridized carbons (Fsp3) is 1.00. The lowest BCUT2D eigenvalue weighted by Gasteiger charge is -2.48. The summed E-state index contributed by atoms with van der Waals surface area (Å²) in [5.41, 5.74) is 1.23. The first kappa shape index (κ1) is 14.8. The van der Waals surface area contributed by atoms with Crippen LogP contribution in [-0.2, 0) is 0 Å². The monoisotopic (exact) mass is 268 g/mol. The molecule has 0 N–H and O–H groups in total. The number of hydrogen-bond donors (Lipinski definition) is 0. The molecule has 0 amide bonds. The molecule has 106 valence electrons. The van der Waals surface area contributed by atoms with E-state index in [9.17, 15) is 0 Å². The molecule has 0 nitrogen and oxygen atoms in total. The second kappa shape index (κ2) is 5.43. The minimum absolute atomic E-state index is 0.402. The lowest BCUT2D eigenvalue weighted by atomic mass is 9.59. The Morgan fingerprint density at radius 1 is 0.889 bits per heavy atom. The van der Waals surface area contributed by atoms with E-state index in [1.54, 1.807) is 12.3 Å². The Hall–Kier alpha value is 0.430. The molecule has 1 heterocycles. The molecular formula is C17H33P. The molecule has 0 radical (unpaired) electrons. The van der Waals surface area contributed by atoms with Crippen molar-refractivity contribution in [3.63, 3.8) is 0 Å². The van der Waals surface area contributed by atoms with Crippen molar-refractivity contribution in [3.05, 3.63) is 0 Å². The van der Waals surface area contributed by atoms with Crippen LogP contribution in [0.1, 0.15) is 66.2 Å². The lowest BCUT2D eigenvalue weighted by molar-refractivity contribution is 0.0454. The van der Waals surface area contributed by atoms with Crippen molar-refractivity contribution in [2.75, 3.05) is 19.0 Å². The minimum atomic E-state index is 0.402. The quantitative estimate of drug-likeness (QED) is 0.559. The SMILES string of the molecule is CP1CCC(C(C)(C)C2CCC(C)(C)CC2)CC1. The highest BCUT2D eigenvalue weighted by molar-refractivity contribution is 7.56. The smallest absolute Gasteiger partial charge is 0.0297 e. The van der Waals surface area contributed by atoms with Crippen LogP contribution in [0.15, 0.2) is 0 Å². The first-order chi connectivity index (χ1) is 8.31.